The molecule has 0 radical (unpaired) electrons. The highest BCUT2D eigenvalue weighted by molar-refractivity contribution is 6.31. The van der Waals surface area contributed by atoms with Gasteiger partial charge in [0.2, 0.25) is 5.88 Å². The lowest BCUT2D eigenvalue weighted by Gasteiger charge is -2.08. The van der Waals surface area contributed by atoms with Crippen LogP contribution in [-0.4, -0.2) is 22.2 Å². The number of carbonyl (C=O) groups excluding carboxylic acids is 1. The molecule has 0 aliphatic carbocycles. The van der Waals surface area contributed by atoms with Crippen LogP contribution in [0.25, 0.3) is 10.9 Å². The number of ether oxygens (including phenoxy) is 1. The largest absolute Gasteiger partial charge is 0.493 e. The molecule has 8 heteroatoms. The van der Waals surface area contributed by atoms with Crippen molar-refractivity contribution in [1.29, 1.82) is 0 Å². The Kier molecular flexibility index (Phi) is 6.21. The Labute approximate surface area is 188 Å². The molecule has 156 valence electrons. The normalized spacial score (nSPS) is 11.3. The van der Waals surface area contributed by atoms with Crippen molar-refractivity contribution < 1.29 is 14.6 Å². The number of aromatic hydroxyl groups is 1. The van der Waals surface area contributed by atoms with Crippen molar-refractivity contribution in [2.45, 2.75) is 6.54 Å². The molecular formula is C23H17Cl2N3O3. The second-order valence-electron chi connectivity index (χ2n) is 6.70. The van der Waals surface area contributed by atoms with E-state index < -0.39 is 5.91 Å². The van der Waals surface area contributed by atoms with E-state index in [1.165, 1.54) is 0 Å². The van der Waals surface area contributed by atoms with Crippen LogP contribution < -0.4 is 4.74 Å². The number of rotatable bonds is 6. The molecule has 0 atom stereocenters. The van der Waals surface area contributed by atoms with Crippen LogP contribution in [0, 0.1) is 0 Å². The summed E-state index contributed by atoms with van der Waals surface area (Å²) < 4.78 is 7.06. The molecule has 6 nitrogen and oxygen atoms in total. The van der Waals surface area contributed by atoms with Gasteiger partial charge in [0.25, 0.3) is 0 Å². The fraction of sp³-hybridized carbons (Fsp3) is 0.0870. The number of aromatic nitrogens is 1. The van der Waals surface area contributed by atoms with Gasteiger partial charge in [-0.05, 0) is 42.0 Å². The summed E-state index contributed by atoms with van der Waals surface area (Å²) in [6, 6.07) is 21.4. The van der Waals surface area contributed by atoms with Crippen LogP contribution in [0.1, 0.15) is 5.56 Å². The summed E-state index contributed by atoms with van der Waals surface area (Å²) in [4.78, 5) is 12.1. The smallest absolute Gasteiger partial charge is 0.302 e. The van der Waals surface area contributed by atoms with Crippen molar-refractivity contribution in [3.63, 3.8) is 0 Å². The van der Waals surface area contributed by atoms with Crippen molar-refractivity contribution >= 4 is 45.7 Å². The summed E-state index contributed by atoms with van der Waals surface area (Å²) in [5, 5.41) is 20.4. The number of benzene rings is 3. The summed E-state index contributed by atoms with van der Waals surface area (Å²) in [6.07, 6.45) is 0. The number of hydrogen-bond donors (Lipinski definition) is 1. The SMILES string of the molecule is O=C(COc1ccc(Cl)cc1)N=Nc1c(O)n(Cc2ccccc2Cl)c2ccccc12. The fourth-order valence-corrected chi connectivity index (χ4v) is 3.46. The van der Waals surface area contributed by atoms with Gasteiger partial charge in [-0.25, -0.2) is 0 Å². The van der Waals surface area contributed by atoms with Gasteiger partial charge in [-0.2, -0.15) is 0 Å². The molecule has 31 heavy (non-hydrogen) atoms. The number of azo groups is 1. The van der Waals surface area contributed by atoms with E-state index in [9.17, 15) is 9.90 Å². The van der Waals surface area contributed by atoms with Gasteiger partial charge in [0.15, 0.2) is 12.3 Å². The van der Waals surface area contributed by atoms with Crippen LogP contribution in [-0.2, 0) is 11.3 Å². The molecule has 1 aromatic heterocycles. The standard InChI is InChI=1S/C23H17Cl2N3O3/c24-16-9-11-17(12-10-16)31-14-21(29)26-27-22-18-6-2-4-8-20(18)28(23(22)30)13-15-5-1-3-7-19(15)25/h1-12,30H,13-14H2. The first-order valence-electron chi connectivity index (χ1n) is 9.39. The van der Waals surface area contributed by atoms with Gasteiger partial charge < -0.3 is 14.4 Å². The van der Waals surface area contributed by atoms with Crippen LogP contribution in [0.4, 0.5) is 5.69 Å². The first-order valence-corrected chi connectivity index (χ1v) is 10.1. The van der Waals surface area contributed by atoms with Crippen LogP contribution >= 0.6 is 23.2 Å². The molecule has 0 unspecified atom stereocenters. The quantitative estimate of drug-likeness (QED) is 0.343. The van der Waals surface area contributed by atoms with Gasteiger partial charge >= 0.3 is 5.91 Å². The second-order valence-corrected chi connectivity index (χ2v) is 7.55. The lowest BCUT2D eigenvalue weighted by molar-refractivity contribution is -0.120. The Morgan fingerprint density at radius 2 is 1.68 bits per heavy atom. The zero-order valence-electron chi connectivity index (χ0n) is 16.2. The molecule has 1 N–H and O–H groups in total. The topological polar surface area (TPSA) is 76.2 Å². The van der Waals surface area contributed by atoms with Gasteiger partial charge in [0.1, 0.15) is 5.75 Å². The fourth-order valence-electron chi connectivity index (χ4n) is 3.14. The Balaban J connectivity index is 1.57. The summed E-state index contributed by atoms with van der Waals surface area (Å²) in [6.45, 7) is 0.0549. The molecule has 4 rings (SSSR count). The monoisotopic (exact) mass is 453 g/mol. The lowest BCUT2D eigenvalue weighted by Crippen LogP contribution is -2.07. The molecule has 0 aliphatic rings. The molecule has 1 heterocycles. The highest BCUT2D eigenvalue weighted by atomic mass is 35.5. The molecule has 0 saturated heterocycles. The number of halogens is 2. The average Bonchev–Trinajstić information content (AvgIpc) is 3.04. The number of nitrogens with zero attached hydrogens (tertiary/aromatic N) is 3. The van der Waals surface area contributed by atoms with Gasteiger partial charge in [-0.15, -0.1) is 10.2 Å². The summed E-state index contributed by atoms with van der Waals surface area (Å²) in [5.74, 6) is -0.194. The van der Waals surface area contributed by atoms with Crippen molar-refractivity contribution in [3.05, 3.63) is 88.4 Å². The molecule has 0 fully saturated rings. The summed E-state index contributed by atoms with van der Waals surface area (Å²) in [5.41, 5.74) is 1.80. The first kappa shape index (κ1) is 20.9. The van der Waals surface area contributed by atoms with Crippen molar-refractivity contribution in [2.24, 2.45) is 10.2 Å². The maximum absolute atomic E-state index is 12.1. The van der Waals surface area contributed by atoms with E-state index >= 15 is 0 Å². The van der Waals surface area contributed by atoms with Gasteiger partial charge in [0, 0.05) is 15.4 Å². The maximum Gasteiger partial charge on any atom is 0.302 e. The molecule has 0 bridgehead atoms. The van der Waals surface area contributed by atoms with Gasteiger partial charge in [0.05, 0.1) is 12.1 Å². The predicted octanol–water partition coefficient (Wildman–Crippen LogP) is 6.39. The van der Waals surface area contributed by atoms with Crippen molar-refractivity contribution in [2.75, 3.05) is 6.61 Å². The number of para-hydroxylation sites is 1. The van der Waals surface area contributed by atoms with E-state index in [-0.39, 0.29) is 18.2 Å². The highest BCUT2D eigenvalue weighted by Gasteiger charge is 2.17. The molecule has 4 aromatic rings. The van der Waals surface area contributed by atoms with E-state index in [0.717, 1.165) is 11.1 Å². The Hall–Kier alpha value is -3.35. The van der Waals surface area contributed by atoms with E-state index in [2.05, 4.69) is 10.2 Å². The molecule has 0 spiro atoms. The third kappa shape index (κ3) is 4.71. The number of hydrogen-bond acceptors (Lipinski definition) is 4. The summed E-state index contributed by atoms with van der Waals surface area (Å²) >= 11 is 12.1. The zero-order valence-corrected chi connectivity index (χ0v) is 17.7. The van der Waals surface area contributed by atoms with Gasteiger partial charge in [-0.3, -0.25) is 4.79 Å². The average molecular weight is 454 g/mol. The van der Waals surface area contributed by atoms with Crippen molar-refractivity contribution in [1.82, 2.24) is 4.57 Å². The second kappa shape index (κ2) is 9.20. The highest BCUT2D eigenvalue weighted by Crippen LogP contribution is 2.39. The minimum Gasteiger partial charge on any atom is -0.493 e. The molecular weight excluding hydrogens is 437 g/mol. The minimum absolute atomic E-state index is 0.101. The Morgan fingerprint density at radius 1 is 0.968 bits per heavy atom. The van der Waals surface area contributed by atoms with Crippen LogP contribution in [0.5, 0.6) is 11.6 Å². The molecule has 1 amide bonds. The van der Waals surface area contributed by atoms with Crippen LogP contribution in [0.3, 0.4) is 0 Å². The molecule has 0 aliphatic heterocycles. The van der Waals surface area contributed by atoms with E-state index in [1.807, 2.05) is 36.4 Å². The third-order valence-electron chi connectivity index (χ3n) is 4.64. The lowest BCUT2D eigenvalue weighted by atomic mass is 10.2. The third-order valence-corrected chi connectivity index (χ3v) is 5.26. The Bertz CT molecular complexity index is 1270. The number of carbonyl (C=O) groups is 1. The first-order chi connectivity index (χ1) is 15.0. The molecule has 3 aromatic carbocycles. The predicted molar refractivity (Wildman–Crippen MR) is 121 cm³/mol. The zero-order chi connectivity index (χ0) is 21.8. The van der Waals surface area contributed by atoms with Crippen LogP contribution in [0.2, 0.25) is 10.0 Å². The van der Waals surface area contributed by atoms with E-state index in [1.54, 1.807) is 41.0 Å². The van der Waals surface area contributed by atoms with Crippen LogP contribution in [0.15, 0.2) is 83.0 Å². The van der Waals surface area contributed by atoms with E-state index in [0.29, 0.717) is 27.7 Å². The molecule has 0 saturated carbocycles. The minimum atomic E-state index is -0.586. The summed E-state index contributed by atoms with van der Waals surface area (Å²) in [7, 11) is 0. The number of amides is 1. The van der Waals surface area contributed by atoms with E-state index in [4.69, 9.17) is 27.9 Å². The maximum atomic E-state index is 12.1. The Morgan fingerprint density at radius 3 is 2.45 bits per heavy atom. The van der Waals surface area contributed by atoms with Gasteiger partial charge in [-0.1, -0.05) is 59.6 Å². The van der Waals surface area contributed by atoms with Crippen molar-refractivity contribution in [3.8, 4) is 11.6 Å². The number of fused-ring (bicyclic) bond motifs is 1.